The Kier molecular flexibility index (Phi) is 1.94. The fourth-order valence-corrected chi connectivity index (χ4v) is 0.892. The molecule has 0 unspecified atom stereocenters. The van der Waals surface area contributed by atoms with Gasteiger partial charge in [-0.1, -0.05) is 0 Å². The van der Waals surface area contributed by atoms with Gasteiger partial charge in [-0.05, 0) is 13.8 Å². The van der Waals surface area contributed by atoms with Crippen LogP contribution in [0.25, 0.3) is 0 Å². The second-order valence-corrected chi connectivity index (χ2v) is 2.60. The van der Waals surface area contributed by atoms with E-state index in [1.165, 1.54) is 0 Å². The molecule has 0 aromatic heterocycles. The highest BCUT2D eigenvalue weighted by atomic mass is 16.2. The first-order valence-electron chi connectivity index (χ1n) is 3.42. The molecule has 0 radical (unpaired) electrons. The molecule has 0 spiro atoms. The van der Waals surface area contributed by atoms with Crippen molar-refractivity contribution in [2.24, 2.45) is 0 Å². The monoisotopic (exact) mass is 140 g/mol. The summed E-state index contributed by atoms with van der Waals surface area (Å²) in [6.45, 7) is 4.63. The number of carbonyl (C=O) groups is 1. The fourth-order valence-electron chi connectivity index (χ4n) is 0.892. The van der Waals surface area contributed by atoms with E-state index in [0.717, 1.165) is 0 Å². The van der Waals surface area contributed by atoms with Crippen molar-refractivity contribution in [1.29, 1.82) is 0 Å². The van der Waals surface area contributed by atoms with Crippen LogP contribution in [-0.2, 0) is 4.79 Å². The predicted octanol–water partition coefficient (Wildman–Crippen LogP) is 0.298. The van der Waals surface area contributed by atoms with Crippen molar-refractivity contribution >= 4 is 5.91 Å². The van der Waals surface area contributed by atoms with Crippen molar-refractivity contribution in [2.75, 3.05) is 6.67 Å². The number of hydrogen-bond donors (Lipinski definition) is 1. The normalized spacial score (nSPS) is 17.9. The molecule has 10 heavy (non-hydrogen) atoms. The Morgan fingerprint density at radius 3 is 2.80 bits per heavy atom. The maximum absolute atomic E-state index is 11.0. The standard InChI is InChI=1S/C7H12N2O/c1-6(2)9-5-8-4-3-7(9)10/h3-4,6,8H,5H2,1-2H3. The van der Waals surface area contributed by atoms with Gasteiger partial charge in [0.15, 0.2) is 0 Å². The first-order chi connectivity index (χ1) is 4.72. The van der Waals surface area contributed by atoms with Crippen LogP contribution in [0.4, 0.5) is 0 Å². The molecule has 1 heterocycles. The zero-order valence-corrected chi connectivity index (χ0v) is 6.29. The Morgan fingerprint density at radius 2 is 2.40 bits per heavy atom. The summed E-state index contributed by atoms with van der Waals surface area (Å²) >= 11 is 0. The fraction of sp³-hybridized carbons (Fsp3) is 0.571. The lowest BCUT2D eigenvalue weighted by Crippen LogP contribution is -2.43. The summed E-state index contributed by atoms with van der Waals surface area (Å²) in [4.78, 5) is 12.8. The van der Waals surface area contributed by atoms with Crippen LogP contribution < -0.4 is 5.32 Å². The Labute approximate surface area is 60.7 Å². The minimum absolute atomic E-state index is 0.0914. The van der Waals surface area contributed by atoms with Crippen LogP contribution in [0, 0.1) is 0 Å². The maximum atomic E-state index is 11.0. The third kappa shape index (κ3) is 1.29. The second kappa shape index (κ2) is 2.73. The highest BCUT2D eigenvalue weighted by Gasteiger charge is 2.15. The van der Waals surface area contributed by atoms with Gasteiger partial charge < -0.3 is 10.2 Å². The van der Waals surface area contributed by atoms with Crippen LogP contribution in [0.5, 0.6) is 0 Å². The van der Waals surface area contributed by atoms with Gasteiger partial charge in [-0.2, -0.15) is 0 Å². The summed E-state index contributed by atoms with van der Waals surface area (Å²) < 4.78 is 0. The molecular formula is C7H12N2O. The van der Waals surface area contributed by atoms with Gasteiger partial charge in [-0.3, -0.25) is 4.79 Å². The first kappa shape index (κ1) is 7.12. The molecule has 1 aliphatic heterocycles. The minimum atomic E-state index is 0.0914. The Hall–Kier alpha value is -0.990. The first-order valence-corrected chi connectivity index (χ1v) is 3.42. The molecule has 56 valence electrons. The molecule has 0 aromatic rings. The van der Waals surface area contributed by atoms with Gasteiger partial charge in [0.05, 0.1) is 6.67 Å². The number of rotatable bonds is 1. The molecule has 0 saturated carbocycles. The van der Waals surface area contributed by atoms with Crippen molar-refractivity contribution in [3.05, 3.63) is 12.3 Å². The van der Waals surface area contributed by atoms with Crippen molar-refractivity contribution in [1.82, 2.24) is 10.2 Å². The van der Waals surface area contributed by atoms with Crippen molar-refractivity contribution in [2.45, 2.75) is 19.9 Å². The van der Waals surface area contributed by atoms with E-state index in [9.17, 15) is 4.79 Å². The molecule has 1 aliphatic rings. The summed E-state index contributed by atoms with van der Waals surface area (Å²) in [7, 11) is 0. The Morgan fingerprint density at radius 1 is 1.70 bits per heavy atom. The topological polar surface area (TPSA) is 32.3 Å². The molecule has 1 amide bonds. The SMILES string of the molecule is CC(C)N1CNC=CC1=O. The van der Waals surface area contributed by atoms with Crippen LogP contribution in [0.1, 0.15) is 13.8 Å². The van der Waals surface area contributed by atoms with E-state index >= 15 is 0 Å². The van der Waals surface area contributed by atoms with Gasteiger partial charge >= 0.3 is 0 Å². The molecule has 3 nitrogen and oxygen atoms in total. The number of hydrogen-bond acceptors (Lipinski definition) is 2. The van der Waals surface area contributed by atoms with Gasteiger partial charge in [0.25, 0.3) is 0 Å². The zero-order valence-electron chi connectivity index (χ0n) is 6.29. The van der Waals surface area contributed by atoms with Gasteiger partial charge in [0.2, 0.25) is 5.91 Å². The zero-order chi connectivity index (χ0) is 7.56. The highest BCUT2D eigenvalue weighted by molar-refractivity contribution is 5.88. The molecule has 1 N–H and O–H groups in total. The molecule has 0 atom stereocenters. The van der Waals surface area contributed by atoms with E-state index in [-0.39, 0.29) is 11.9 Å². The summed E-state index contributed by atoms with van der Waals surface area (Å²) in [5.74, 6) is 0.0914. The molecule has 0 saturated heterocycles. The van der Waals surface area contributed by atoms with Crippen LogP contribution in [0.15, 0.2) is 12.3 Å². The molecule has 1 rings (SSSR count). The molecule has 0 fully saturated rings. The van der Waals surface area contributed by atoms with E-state index in [1.807, 2.05) is 13.8 Å². The van der Waals surface area contributed by atoms with Crippen LogP contribution in [0.3, 0.4) is 0 Å². The summed E-state index contributed by atoms with van der Waals surface area (Å²) in [6.07, 6.45) is 3.23. The van der Waals surface area contributed by atoms with Crippen molar-refractivity contribution in [3.8, 4) is 0 Å². The number of amides is 1. The lowest BCUT2D eigenvalue weighted by molar-refractivity contribution is -0.128. The molecule has 0 aliphatic carbocycles. The van der Waals surface area contributed by atoms with E-state index in [4.69, 9.17) is 0 Å². The van der Waals surface area contributed by atoms with Gasteiger partial charge in [-0.15, -0.1) is 0 Å². The van der Waals surface area contributed by atoms with E-state index < -0.39 is 0 Å². The van der Waals surface area contributed by atoms with Gasteiger partial charge in [0.1, 0.15) is 0 Å². The van der Waals surface area contributed by atoms with Crippen molar-refractivity contribution < 1.29 is 4.79 Å². The minimum Gasteiger partial charge on any atom is -0.373 e. The lowest BCUT2D eigenvalue weighted by Gasteiger charge is -2.27. The van der Waals surface area contributed by atoms with Crippen LogP contribution >= 0.6 is 0 Å². The van der Waals surface area contributed by atoms with Gasteiger partial charge in [-0.25, -0.2) is 0 Å². The number of carbonyl (C=O) groups excluding carboxylic acids is 1. The Bertz CT molecular complexity index is 163. The van der Waals surface area contributed by atoms with E-state index in [2.05, 4.69) is 5.32 Å². The van der Waals surface area contributed by atoms with E-state index in [1.54, 1.807) is 17.2 Å². The lowest BCUT2D eigenvalue weighted by atomic mass is 10.3. The molecule has 3 heteroatoms. The highest BCUT2D eigenvalue weighted by Crippen LogP contribution is 2.00. The average molecular weight is 140 g/mol. The summed E-state index contributed by atoms with van der Waals surface area (Å²) in [5, 5.41) is 2.97. The average Bonchev–Trinajstić information content (AvgIpc) is 1.88. The third-order valence-electron chi connectivity index (χ3n) is 1.51. The summed E-state index contributed by atoms with van der Waals surface area (Å²) in [5.41, 5.74) is 0. The number of nitrogens with zero attached hydrogens (tertiary/aromatic N) is 1. The third-order valence-corrected chi connectivity index (χ3v) is 1.51. The second-order valence-electron chi connectivity index (χ2n) is 2.60. The molecule has 0 aromatic carbocycles. The predicted molar refractivity (Wildman–Crippen MR) is 39.1 cm³/mol. The number of nitrogens with one attached hydrogen (secondary N) is 1. The van der Waals surface area contributed by atoms with Crippen LogP contribution in [-0.4, -0.2) is 23.5 Å². The van der Waals surface area contributed by atoms with Crippen molar-refractivity contribution in [3.63, 3.8) is 0 Å². The van der Waals surface area contributed by atoms with Crippen LogP contribution in [0.2, 0.25) is 0 Å². The largest absolute Gasteiger partial charge is 0.373 e. The molecule has 0 bridgehead atoms. The van der Waals surface area contributed by atoms with Gasteiger partial charge in [0, 0.05) is 18.3 Å². The van der Waals surface area contributed by atoms with E-state index in [0.29, 0.717) is 6.67 Å². The summed E-state index contributed by atoms with van der Waals surface area (Å²) in [6, 6.07) is 0.282. The molecular weight excluding hydrogens is 128 g/mol. The Balaban J connectivity index is 2.61. The quantitative estimate of drug-likeness (QED) is 0.568. The smallest absolute Gasteiger partial charge is 0.249 e. The maximum Gasteiger partial charge on any atom is 0.249 e.